The fraction of sp³-hybridized carbons (Fsp3) is 0.182. The number of nitriles is 1. The van der Waals surface area contributed by atoms with Crippen molar-refractivity contribution in [3.8, 4) is 6.07 Å². The van der Waals surface area contributed by atoms with E-state index >= 15 is 0 Å². The molecule has 9 heteroatoms. The lowest BCUT2D eigenvalue weighted by molar-refractivity contribution is -0.384. The Bertz CT molecular complexity index is 596. The molecule has 1 aromatic rings. The second kappa shape index (κ2) is 7.10. The van der Waals surface area contributed by atoms with Crippen LogP contribution in [-0.2, 0) is 4.79 Å². The molecule has 0 spiro atoms. The lowest BCUT2D eigenvalue weighted by Gasteiger charge is -2.06. The maximum Gasteiger partial charge on any atom is 0.335 e. The van der Waals surface area contributed by atoms with E-state index < -0.39 is 22.5 Å². The van der Waals surface area contributed by atoms with Gasteiger partial charge in [-0.2, -0.15) is 5.26 Å². The number of nitrogens with one attached hydrogen (secondary N) is 1. The van der Waals surface area contributed by atoms with E-state index in [0.717, 1.165) is 30.0 Å². The summed E-state index contributed by atoms with van der Waals surface area (Å²) in [6.45, 7) is 0. The highest BCUT2D eigenvalue weighted by Gasteiger charge is 2.18. The molecule has 0 bridgehead atoms. The molecular formula is C11H9N3O5S. The van der Waals surface area contributed by atoms with Gasteiger partial charge in [-0.05, 0) is 12.1 Å². The molecule has 0 aliphatic rings. The van der Waals surface area contributed by atoms with Gasteiger partial charge in [-0.15, -0.1) is 11.8 Å². The molecule has 1 amide bonds. The van der Waals surface area contributed by atoms with Crippen molar-refractivity contribution in [3.05, 3.63) is 33.9 Å². The zero-order valence-electron chi connectivity index (χ0n) is 10.0. The molecule has 1 aromatic carbocycles. The van der Waals surface area contributed by atoms with Gasteiger partial charge in [-0.1, -0.05) is 0 Å². The molecule has 1 rings (SSSR count). The van der Waals surface area contributed by atoms with Crippen LogP contribution < -0.4 is 5.32 Å². The van der Waals surface area contributed by atoms with Gasteiger partial charge in [-0.3, -0.25) is 14.9 Å². The summed E-state index contributed by atoms with van der Waals surface area (Å²) in [5.74, 6) is -1.69. The SMILES string of the molecule is N#CCSCC(=O)Nc1ccc(C(=O)O)cc1[N+](=O)[O-]. The highest BCUT2D eigenvalue weighted by atomic mass is 32.2. The van der Waals surface area contributed by atoms with Crippen molar-refractivity contribution in [1.29, 1.82) is 5.26 Å². The smallest absolute Gasteiger partial charge is 0.335 e. The first-order valence-corrected chi connectivity index (χ1v) is 6.37. The summed E-state index contributed by atoms with van der Waals surface area (Å²) in [5.41, 5.74) is -0.820. The van der Waals surface area contributed by atoms with Crippen LogP contribution >= 0.6 is 11.8 Å². The van der Waals surface area contributed by atoms with Crippen molar-refractivity contribution >= 4 is 35.0 Å². The number of aromatic carboxylic acids is 1. The first-order valence-electron chi connectivity index (χ1n) is 5.22. The topological polar surface area (TPSA) is 133 Å². The Morgan fingerprint density at radius 3 is 2.75 bits per heavy atom. The van der Waals surface area contributed by atoms with Crippen LogP contribution in [0.4, 0.5) is 11.4 Å². The fourth-order valence-electron chi connectivity index (χ4n) is 1.30. The normalized spacial score (nSPS) is 9.55. The monoisotopic (exact) mass is 295 g/mol. The number of anilines is 1. The maximum absolute atomic E-state index is 11.5. The number of benzene rings is 1. The van der Waals surface area contributed by atoms with Gasteiger partial charge in [0.15, 0.2) is 0 Å². The number of carbonyl (C=O) groups is 2. The lowest BCUT2D eigenvalue weighted by atomic mass is 10.1. The molecule has 0 radical (unpaired) electrons. The number of carbonyl (C=O) groups excluding carboxylic acids is 1. The number of nitro groups is 1. The van der Waals surface area contributed by atoms with Crippen LogP contribution in [0.3, 0.4) is 0 Å². The highest BCUT2D eigenvalue weighted by molar-refractivity contribution is 8.00. The van der Waals surface area contributed by atoms with Crippen molar-refractivity contribution in [3.63, 3.8) is 0 Å². The predicted molar refractivity (Wildman–Crippen MR) is 71.6 cm³/mol. The van der Waals surface area contributed by atoms with Crippen LogP contribution in [0.2, 0.25) is 0 Å². The predicted octanol–water partition coefficient (Wildman–Crippen LogP) is 1.49. The van der Waals surface area contributed by atoms with Gasteiger partial charge >= 0.3 is 5.97 Å². The van der Waals surface area contributed by atoms with E-state index in [-0.39, 0.29) is 22.8 Å². The number of carboxylic acid groups (broad SMARTS) is 1. The number of amides is 1. The molecule has 0 aliphatic heterocycles. The van der Waals surface area contributed by atoms with Gasteiger partial charge in [0.1, 0.15) is 5.69 Å². The second-order valence-electron chi connectivity index (χ2n) is 3.49. The second-order valence-corrected chi connectivity index (χ2v) is 4.48. The van der Waals surface area contributed by atoms with Crippen LogP contribution in [0.15, 0.2) is 18.2 Å². The van der Waals surface area contributed by atoms with Crippen LogP contribution in [0, 0.1) is 21.4 Å². The minimum atomic E-state index is -1.30. The number of hydrogen-bond donors (Lipinski definition) is 2. The van der Waals surface area contributed by atoms with Crippen molar-refractivity contribution < 1.29 is 19.6 Å². The van der Waals surface area contributed by atoms with E-state index in [2.05, 4.69) is 5.32 Å². The van der Waals surface area contributed by atoms with Gasteiger partial charge in [0, 0.05) is 6.07 Å². The van der Waals surface area contributed by atoms with Crippen molar-refractivity contribution in [1.82, 2.24) is 0 Å². The van der Waals surface area contributed by atoms with Crippen molar-refractivity contribution in [2.75, 3.05) is 16.8 Å². The molecule has 0 atom stereocenters. The molecule has 0 aliphatic carbocycles. The van der Waals surface area contributed by atoms with Crippen LogP contribution in [0.1, 0.15) is 10.4 Å². The summed E-state index contributed by atoms with van der Waals surface area (Å²) in [6.07, 6.45) is 0. The molecule has 104 valence electrons. The van der Waals surface area contributed by atoms with Gasteiger partial charge in [-0.25, -0.2) is 4.79 Å². The molecule has 8 nitrogen and oxygen atoms in total. The number of carboxylic acids is 1. The van der Waals surface area contributed by atoms with E-state index in [1.165, 1.54) is 0 Å². The third-order valence-electron chi connectivity index (χ3n) is 2.12. The number of hydrogen-bond acceptors (Lipinski definition) is 6. The fourth-order valence-corrected chi connectivity index (χ4v) is 1.75. The van der Waals surface area contributed by atoms with Gasteiger partial charge in [0.05, 0.1) is 28.1 Å². The molecule has 0 fully saturated rings. The summed E-state index contributed by atoms with van der Waals surface area (Å²) >= 11 is 1.07. The van der Waals surface area contributed by atoms with Crippen molar-refractivity contribution in [2.45, 2.75) is 0 Å². The van der Waals surface area contributed by atoms with E-state index in [1.807, 2.05) is 6.07 Å². The maximum atomic E-state index is 11.5. The van der Waals surface area contributed by atoms with E-state index in [0.29, 0.717) is 0 Å². The van der Waals surface area contributed by atoms with Gasteiger partial charge in [0.25, 0.3) is 5.69 Å². The molecule has 2 N–H and O–H groups in total. The summed E-state index contributed by atoms with van der Waals surface area (Å²) in [7, 11) is 0. The summed E-state index contributed by atoms with van der Waals surface area (Å²) in [6, 6.07) is 5.04. The molecule has 0 unspecified atom stereocenters. The highest BCUT2D eigenvalue weighted by Crippen LogP contribution is 2.25. The summed E-state index contributed by atoms with van der Waals surface area (Å²) in [4.78, 5) is 32.3. The zero-order valence-corrected chi connectivity index (χ0v) is 10.8. The first-order chi connectivity index (χ1) is 9.45. The molecule has 0 aromatic heterocycles. The third kappa shape index (κ3) is 4.25. The summed E-state index contributed by atoms with van der Waals surface area (Å²) in [5, 5.41) is 30.2. The Hall–Kier alpha value is -2.60. The quantitative estimate of drug-likeness (QED) is 0.461. The van der Waals surface area contributed by atoms with Crippen LogP contribution in [0.25, 0.3) is 0 Å². The molecular weight excluding hydrogens is 286 g/mol. The average Bonchev–Trinajstić information content (AvgIpc) is 2.38. The Balaban J connectivity index is 2.89. The van der Waals surface area contributed by atoms with Gasteiger partial charge in [0.2, 0.25) is 5.91 Å². The number of thioether (sulfide) groups is 1. The Morgan fingerprint density at radius 1 is 1.50 bits per heavy atom. The van der Waals surface area contributed by atoms with E-state index in [9.17, 15) is 19.7 Å². The van der Waals surface area contributed by atoms with Gasteiger partial charge < -0.3 is 10.4 Å². The lowest BCUT2D eigenvalue weighted by Crippen LogP contribution is -2.15. The third-order valence-corrected chi connectivity index (χ3v) is 2.91. The molecule has 0 saturated carbocycles. The number of nitrogens with zero attached hydrogens (tertiary/aromatic N) is 2. The Labute approximate surface area is 117 Å². The van der Waals surface area contributed by atoms with E-state index in [4.69, 9.17) is 10.4 Å². The molecule has 20 heavy (non-hydrogen) atoms. The number of nitro benzene ring substituents is 1. The van der Waals surface area contributed by atoms with Crippen LogP contribution in [0.5, 0.6) is 0 Å². The standard InChI is InChI=1S/C11H9N3O5S/c12-3-4-20-6-10(15)13-8-2-1-7(11(16)17)5-9(8)14(18)19/h1-2,5H,4,6H2,(H,13,15)(H,16,17). The number of rotatable bonds is 6. The largest absolute Gasteiger partial charge is 0.478 e. The zero-order chi connectivity index (χ0) is 15.1. The van der Waals surface area contributed by atoms with E-state index in [1.54, 1.807) is 0 Å². The minimum absolute atomic E-state index is 0.0224. The summed E-state index contributed by atoms with van der Waals surface area (Å²) < 4.78 is 0. The Morgan fingerprint density at radius 2 is 2.20 bits per heavy atom. The Kier molecular flexibility index (Phi) is 5.49. The minimum Gasteiger partial charge on any atom is -0.478 e. The average molecular weight is 295 g/mol. The molecule has 0 heterocycles. The first kappa shape index (κ1) is 15.5. The van der Waals surface area contributed by atoms with Crippen LogP contribution in [-0.4, -0.2) is 33.4 Å². The van der Waals surface area contributed by atoms with Crippen molar-refractivity contribution in [2.24, 2.45) is 0 Å². The molecule has 0 saturated heterocycles.